The maximum atomic E-state index is 12.8. The van der Waals surface area contributed by atoms with Gasteiger partial charge < -0.3 is 14.8 Å². The molecule has 0 aliphatic carbocycles. The quantitative estimate of drug-likeness (QED) is 0.562. The number of aromatic nitrogens is 4. The van der Waals surface area contributed by atoms with Gasteiger partial charge in [-0.05, 0) is 18.2 Å². The summed E-state index contributed by atoms with van der Waals surface area (Å²) >= 11 is 0. The second-order valence-electron chi connectivity index (χ2n) is 5.72. The van der Waals surface area contributed by atoms with Gasteiger partial charge in [0.1, 0.15) is 0 Å². The number of imidazole rings is 1. The summed E-state index contributed by atoms with van der Waals surface area (Å²) in [5.74, 6) is 1.67. The van der Waals surface area contributed by atoms with Crippen molar-refractivity contribution < 1.29 is 22.6 Å². The first kappa shape index (κ1) is 17.0. The molecule has 0 saturated carbocycles. The van der Waals surface area contributed by atoms with Crippen LogP contribution in [-0.4, -0.2) is 33.8 Å². The highest BCUT2D eigenvalue weighted by Gasteiger charge is 2.30. The summed E-state index contributed by atoms with van der Waals surface area (Å²) in [7, 11) is 3.05. The van der Waals surface area contributed by atoms with Gasteiger partial charge in [0.25, 0.3) is 5.78 Å². The third kappa shape index (κ3) is 2.98. The molecule has 0 amide bonds. The lowest BCUT2D eigenvalue weighted by molar-refractivity contribution is -0.137. The zero-order chi connectivity index (χ0) is 19.2. The van der Waals surface area contributed by atoms with E-state index in [0.717, 1.165) is 12.1 Å². The number of hydrogen-bond donors (Lipinski definition) is 2. The molecule has 7 nitrogen and oxygen atoms in total. The lowest BCUT2D eigenvalue weighted by Crippen LogP contribution is -2.05. The number of benzene rings is 2. The number of nitrogens with zero attached hydrogens (tertiary/aromatic N) is 3. The molecule has 0 saturated heterocycles. The Morgan fingerprint density at radius 1 is 1.04 bits per heavy atom. The van der Waals surface area contributed by atoms with Crippen LogP contribution in [0.3, 0.4) is 0 Å². The maximum Gasteiger partial charge on any atom is 0.416 e. The second-order valence-corrected chi connectivity index (χ2v) is 5.72. The van der Waals surface area contributed by atoms with Crippen molar-refractivity contribution in [2.45, 2.75) is 6.18 Å². The van der Waals surface area contributed by atoms with Gasteiger partial charge in [-0.15, -0.1) is 0 Å². The van der Waals surface area contributed by atoms with Crippen LogP contribution < -0.4 is 14.8 Å². The summed E-state index contributed by atoms with van der Waals surface area (Å²) in [6.45, 7) is 0. The molecule has 2 heterocycles. The molecule has 0 unspecified atom stereocenters. The molecule has 4 aromatic rings. The molecule has 0 radical (unpaired) electrons. The Morgan fingerprint density at radius 3 is 2.48 bits per heavy atom. The van der Waals surface area contributed by atoms with E-state index >= 15 is 0 Å². The Hall–Kier alpha value is -3.43. The van der Waals surface area contributed by atoms with Crippen molar-refractivity contribution in [3.63, 3.8) is 0 Å². The van der Waals surface area contributed by atoms with E-state index in [1.807, 2.05) is 0 Å². The number of nitrogens with one attached hydrogen (secondary N) is 2. The Kier molecular flexibility index (Phi) is 3.83. The summed E-state index contributed by atoms with van der Waals surface area (Å²) < 4.78 is 50.7. The van der Waals surface area contributed by atoms with E-state index in [-0.39, 0.29) is 11.6 Å². The van der Waals surface area contributed by atoms with Gasteiger partial charge in [0.15, 0.2) is 11.5 Å². The fourth-order valence-electron chi connectivity index (χ4n) is 2.77. The number of hydrogen-bond acceptors (Lipinski definition) is 5. The summed E-state index contributed by atoms with van der Waals surface area (Å²) in [6.07, 6.45) is -4.42. The van der Waals surface area contributed by atoms with E-state index in [2.05, 4.69) is 20.4 Å². The zero-order valence-corrected chi connectivity index (χ0v) is 14.3. The minimum Gasteiger partial charge on any atom is -0.493 e. The predicted molar refractivity (Wildman–Crippen MR) is 92.7 cm³/mol. The Bertz CT molecular complexity index is 1130. The minimum absolute atomic E-state index is 0.255. The van der Waals surface area contributed by atoms with Gasteiger partial charge in [0.2, 0.25) is 5.95 Å². The van der Waals surface area contributed by atoms with Crippen LogP contribution in [0, 0.1) is 0 Å². The van der Waals surface area contributed by atoms with Crippen molar-refractivity contribution >= 4 is 28.4 Å². The Morgan fingerprint density at radius 2 is 1.78 bits per heavy atom. The third-order valence-corrected chi connectivity index (χ3v) is 4.02. The average Bonchev–Trinajstić information content (AvgIpc) is 3.16. The van der Waals surface area contributed by atoms with Crippen LogP contribution in [0.5, 0.6) is 11.5 Å². The summed E-state index contributed by atoms with van der Waals surface area (Å²) in [5.41, 5.74) is 0.834. The number of ether oxygens (including phenoxy) is 2. The van der Waals surface area contributed by atoms with Crippen LogP contribution in [0.1, 0.15) is 5.56 Å². The highest BCUT2D eigenvalue weighted by Crippen LogP contribution is 2.33. The number of methoxy groups -OCH3 is 2. The number of halogens is 3. The van der Waals surface area contributed by atoms with Crippen molar-refractivity contribution in [1.29, 1.82) is 0 Å². The molecule has 2 N–H and O–H groups in total. The van der Waals surface area contributed by atoms with E-state index in [4.69, 9.17) is 9.47 Å². The SMILES string of the molecule is COc1cc2nc3nc(Nc4cccc(C(F)(F)F)c4)[nH]n3c2cc1OC. The van der Waals surface area contributed by atoms with Gasteiger partial charge in [0.05, 0.1) is 30.8 Å². The second kappa shape index (κ2) is 6.08. The molecule has 0 atom stereocenters. The van der Waals surface area contributed by atoms with Crippen LogP contribution in [0.2, 0.25) is 0 Å². The van der Waals surface area contributed by atoms with Crippen molar-refractivity contribution in [1.82, 2.24) is 19.6 Å². The molecule has 4 rings (SSSR count). The molecule has 0 spiro atoms. The maximum absolute atomic E-state index is 12.8. The van der Waals surface area contributed by atoms with Crippen LogP contribution >= 0.6 is 0 Å². The molecule has 2 aromatic carbocycles. The first-order valence-electron chi connectivity index (χ1n) is 7.83. The van der Waals surface area contributed by atoms with Crippen molar-refractivity contribution in [2.75, 3.05) is 19.5 Å². The number of anilines is 2. The molecule has 0 fully saturated rings. The van der Waals surface area contributed by atoms with Crippen molar-refractivity contribution in [3.8, 4) is 11.5 Å². The standard InChI is InChI=1S/C17H14F3N5O2/c1-26-13-7-11-12(8-14(13)27-2)25-16(22-11)23-15(24-25)21-10-5-3-4-9(6-10)17(18,19)20/h3-8H,1-2H3,(H2,21,22,23,24). The number of aromatic amines is 1. The first-order chi connectivity index (χ1) is 12.9. The van der Waals surface area contributed by atoms with Gasteiger partial charge in [-0.1, -0.05) is 6.07 Å². The van der Waals surface area contributed by atoms with Crippen LogP contribution in [0.25, 0.3) is 16.8 Å². The summed E-state index contributed by atoms with van der Waals surface area (Å²) in [6, 6.07) is 8.32. The van der Waals surface area contributed by atoms with E-state index in [1.54, 1.807) is 16.6 Å². The van der Waals surface area contributed by atoms with E-state index in [0.29, 0.717) is 28.3 Å². The Balaban J connectivity index is 1.72. The Labute approximate surface area is 150 Å². The van der Waals surface area contributed by atoms with Gasteiger partial charge in [0, 0.05) is 17.8 Å². The van der Waals surface area contributed by atoms with Crippen LogP contribution in [0.4, 0.5) is 24.8 Å². The van der Waals surface area contributed by atoms with Gasteiger partial charge in [-0.2, -0.15) is 18.2 Å². The number of fused-ring (bicyclic) bond motifs is 3. The number of rotatable bonds is 4. The largest absolute Gasteiger partial charge is 0.493 e. The fourth-order valence-corrected chi connectivity index (χ4v) is 2.77. The summed E-state index contributed by atoms with van der Waals surface area (Å²) in [5, 5.41) is 5.79. The van der Waals surface area contributed by atoms with Gasteiger partial charge in [-0.25, -0.2) is 9.50 Å². The molecule has 27 heavy (non-hydrogen) atoms. The highest BCUT2D eigenvalue weighted by molar-refractivity contribution is 5.83. The fraction of sp³-hybridized carbons (Fsp3) is 0.176. The lowest BCUT2D eigenvalue weighted by atomic mass is 10.2. The molecule has 0 aliphatic rings. The molecule has 0 aliphatic heterocycles. The predicted octanol–water partition coefficient (Wildman–Crippen LogP) is 3.99. The van der Waals surface area contributed by atoms with E-state index < -0.39 is 11.7 Å². The topological polar surface area (TPSA) is 76.5 Å². The molecule has 2 aromatic heterocycles. The smallest absolute Gasteiger partial charge is 0.416 e. The van der Waals surface area contributed by atoms with Gasteiger partial charge >= 0.3 is 6.18 Å². The van der Waals surface area contributed by atoms with Crippen molar-refractivity contribution in [3.05, 3.63) is 42.0 Å². The molecular formula is C17H14F3N5O2. The van der Waals surface area contributed by atoms with E-state index in [1.165, 1.54) is 26.4 Å². The van der Waals surface area contributed by atoms with Crippen LogP contribution in [-0.2, 0) is 6.18 Å². The first-order valence-corrected chi connectivity index (χ1v) is 7.83. The molecular weight excluding hydrogens is 363 g/mol. The molecule has 10 heteroatoms. The van der Waals surface area contributed by atoms with Crippen molar-refractivity contribution in [2.24, 2.45) is 0 Å². The lowest BCUT2D eigenvalue weighted by Gasteiger charge is -2.09. The minimum atomic E-state index is -4.42. The summed E-state index contributed by atoms with van der Waals surface area (Å²) in [4.78, 5) is 8.65. The average molecular weight is 377 g/mol. The molecule has 0 bridgehead atoms. The van der Waals surface area contributed by atoms with Gasteiger partial charge in [-0.3, -0.25) is 5.10 Å². The zero-order valence-electron chi connectivity index (χ0n) is 14.3. The van der Waals surface area contributed by atoms with E-state index in [9.17, 15) is 13.2 Å². The monoisotopic (exact) mass is 377 g/mol. The molecule has 140 valence electrons. The normalized spacial score (nSPS) is 11.9. The third-order valence-electron chi connectivity index (χ3n) is 4.02. The highest BCUT2D eigenvalue weighted by atomic mass is 19.4. The number of alkyl halides is 3. The van der Waals surface area contributed by atoms with Crippen LogP contribution in [0.15, 0.2) is 36.4 Å². The number of H-pyrrole nitrogens is 1.